The number of halogens is 6. The number of ether oxygens (including phenoxy) is 1. The van der Waals surface area contributed by atoms with Crippen molar-refractivity contribution in [3.05, 3.63) is 41.9 Å². The predicted molar refractivity (Wildman–Crippen MR) is 114 cm³/mol. The Morgan fingerprint density at radius 3 is 2.43 bits per heavy atom. The van der Waals surface area contributed by atoms with Crippen molar-refractivity contribution in [2.24, 2.45) is 11.8 Å². The Balaban J connectivity index is 1.33. The van der Waals surface area contributed by atoms with Crippen LogP contribution in [0.4, 0.5) is 38.0 Å². The molecule has 1 saturated heterocycles. The van der Waals surface area contributed by atoms with Crippen LogP contribution in [0.25, 0.3) is 5.65 Å². The number of alkyl halides is 6. The highest BCUT2D eigenvalue weighted by Crippen LogP contribution is 2.41. The molecule has 1 saturated carbocycles. The van der Waals surface area contributed by atoms with Crippen molar-refractivity contribution in [3.63, 3.8) is 0 Å². The standard InChI is InChI=1S/C22H22F6N6O/c1-12-2-5-16(35-11-21(23,24)25)19-31-20(32-34(12)19)30-18-13-3-4-14(18)10-33(9-13)15-6-7-29-17(8-15)22(26,27)28/h2,5-8,13-14,18H,3-4,9-11H2,1H3,(H,30,32)/t13-,14+,18?. The van der Waals surface area contributed by atoms with Gasteiger partial charge in [-0.25, -0.2) is 4.52 Å². The van der Waals surface area contributed by atoms with Gasteiger partial charge in [0.15, 0.2) is 18.0 Å². The summed E-state index contributed by atoms with van der Waals surface area (Å²) in [5.74, 6) is 0.536. The minimum Gasteiger partial charge on any atom is -0.480 e. The number of pyridine rings is 2. The molecule has 13 heteroatoms. The lowest BCUT2D eigenvalue weighted by molar-refractivity contribution is -0.153. The van der Waals surface area contributed by atoms with Gasteiger partial charge in [-0.3, -0.25) is 4.98 Å². The SMILES string of the molecule is Cc1ccc(OCC(F)(F)F)c2nc(NC3[C@@H]4CC[C@H]3CN(c3ccnc(C(F)(F)F)c3)C4)nn12. The summed E-state index contributed by atoms with van der Waals surface area (Å²) in [4.78, 5) is 9.76. The minimum atomic E-state index is -4.51. The number of hydrogen-bond donors (Lipinski definition) is 1. The van der Waals surface area contributed by atoms with Crippen molar-refractivity contribution in [3.8, 4) is 5.75 Å². The van der Waals surface area contributed by atoms with Gasteiger partial charge in [0.05, 0.1) is 0 Å². The Morgan fingerprint density at radius 1 is 1.06 bits per heavy atom. The Morgan fingerprint density at radius 2 is 1.77 bits per heavy atom. The maximum atomic E-state index is 13.1. The van der Waals surface area contributed by atoms with Crippen molar-refractivity contribution in [1.29, 1.82) is 0 Å². The Bertz CT molecular complexity index is 1210. The van der Waals surface area contributed by atoms with Crippen molar-refractivity contribution in [2.45, 2.75) is 38.2 Å². The second-order valence-electron chi connectivity index (χ2n) is 8.98. The summed E-state index contributed by atoms with van der Waals surface area (Å²) >= 11 is 0. The Hall–Kier alpha value is -3.25. The average Bonchev–Trinajstić information content (AvgIpc) is 3.30. The van der Waals surface area contributed by atoms with E-state index in [0.717, 1.165) is 18.9 Å². The maximum Gasteiger partial charge on any atom is 0.433 e. The third-order valence-corrected chi connectivity index (χ3v) is 6.56. The molecule has 4 heterocycles. The van der Waals surface area contributed by atoms with Crippen LogP contribution in [0.3, 0.4) is 0 Å². The third-order valence-electron chi connectivity index (χ3n) is 6.56. The molecule has 188 valence electrons. The summed E-state index contributed by atoms with van der Waals surface area (Å²) in [5, 5.41) is 7.74. The minimum absolute atomic E-state index is 0.00700. The summed E-state index contributed by atoms with van der Waals surface area (Å²) in [6, 6.07) is 5.68. The average molecular weight is 500 g/mol. The first-order valence-electron chi connectivity index (χ1n) is 11.1. The molecule has 0 radical (unpaired) electrons. The highest BCUT2D eigenvalue weighted by Gasteiger charge is 2.43. The lowest BCUT2D eigenvalue weighted by Crippen LogP contribution is -2.48. The van der Waals surface area contributed by atoms with Crippen LogP contribution in [-0.2, 0) is 6.18 Å². The van der Waals surface area contributed by atoms with E-state index in [1.165, 1.54) is 16.8 Å². The number of nitrogens with one attached hydrogen (secondary N) is 1. The fraction of sp³-hybridized carbons (Fsp3) is 0.500. The smallest absolute Gasteiger partial charge is 0.433 e. The van der Waals surface area contributed by atoms with E-state index in [9.17, 15) is 26.3 Å². The molecule has 7 nitrogen and oxygen atoms in total. The van der Waals surface area contributed by atoms with Crippen LogP contribution >= 0.6 is 0 Å². The lowest BCUT2D eigenvalue weighted by Gasteiger charge is -2.39. The zero-order valence-corrected chi connectivity index (χ0v) is 18.6. The molecule has 1 N–H and O–H groups in total. The normalized spacial score (nSPS) is 22.6. The van der Waals surface area contributed by atoms with E-state index in [-0.39, 0.29) is 35.2 Å². The molecule has 5 rings (SSSR count). The van der Waals surface area contributed by atoms with Gasteiger partial charge in [0, 0.05) is 36.7 Å². The van der Waals surface area contributed by atoms with Gasteiger partial charge in [-0.05, 0) is 55.9 Å². The fourth-order valence-electron chi connectivity index (χ4n) is 4.98. The van der Waals surface area contributed by atoms with Crippen LogP contribution in [0.2, 0.25) is 0 Å². The van der Waals surface area contributed by atoms with E-state index in [2.05, 4.69) is 20.4 Å². The van der Waals surface area contributed by atoms with Crippen molar-refractivity contribution < 1.29 is 31.1 Å². The van der Waals surface area contributed by atoms with Crippen LogP contribution < -0.4 is 15.0 Å². The van der Waals surface area contributed by atoms with Crippen molar-refractivity contribution >= 4 is 17.3 Å². The quantitative estimate of drug-likeness (QED) is 0.512. The number of rotatable bonds is 5. The predicted octanol–water partition coefficient (Wildman–Crippen LogP) is 4.72. The van der Waals surface area contributed by atoms with Crippen LogP contribution in [0.1, 0.15) is 24.2 Å². The first-order chi connectivity index (χ1) is 16.5. The molecule has 2 aliphatic rings. The molecule has 0 amide bonds. The summed E-state index contributed by atoms with van der Waals surface area (Å²) < 4.78 is 83.5. The summed E-state index contributed by atoms with van der Waals surface area (Å²) in [7, 11) is 0. The van der Waals surface area contributed by atoms with E-state index in [1.807, 2.05) is 4.90 Å². The Kier molecular flexibility index (Phi) is 5.67. The Labute approximate surface area is 196 Å². The van der Waals surface area contributed by atoms with Gasteiger partial charge < -0.3 is 15.0 Å². The summed E-state index contributed by atoms with van der Waals surface area (Å²) in [5.41, 5.74) is 0.417. The van der Waals surface area contributed by atoms with Crippen LogP contribution in [-0.4, -0.2) is 51.5 Å². The number of fused-ring (bicyclic) bond motifs is 3. The van der Waals surface area contributed by atoms with Crippen LogP contribution in [0.5, 0.6) is 5.75 Å². The van der Waals surface area contributed by atoms with E-state index in [1.54, 1.807) is 19.1 Å². The molecule has 35 heavy (non-hydrogen) atoms. The largest absolute Gasteiger partial charge is 0.480 e. The monoisotopic (exact) mass is 500 g/mol. The molecule has 1 aliphatic carbocycles. The molecule has 1 unspecified atom stereocenters. The lowest BCUT2D eigenvalue weighted by atomic mass is 9.92. The van der Waals surface area contributed by atoms with E-state index in [4.69, 9.17) is 4.74 Å². The molecule has 3 aromatic rings. The topological polar surface area (TPSA) is 67.6 Å². The van der Waals surface area contributed by atoms with Crippen molar-refractivity contribution in [1.82, 2.24) is 19.6 Å². The number of aryl methyl sites for hydroxylation is 1. The van der Waals surface area contributed by atoms with Gasteiger partial charge in [-0.2, -0.15) is 31.3 Å². The molecule has 1 aliphatic heterocycles. The number of aromatic nitrogens is 4. The zero-order chi connectivity index (χ0) is 25.0. The number of piperidine rings is 1. The molecule has 0 spiro atoms. The fourth-order valence-corrected chi connectivity index (χ4v) is 4.98. The molecule has 0 aromatic carbocycles. The second kappa shape index (κ2) is 8.45. The second-order valence-corrected chi connectivity index (χ2v) is 8.98. The number of anilines is 2. The van der Waals surface area contributed by atoms with Gasteiger partial charge in [-0.1, -0.05) is 0 Å². The van der Waals surface area contributed by atoms with Crippen molar-refractivity contribution in [2.75, 3.05) is 29.9 Å². The molecular weight excluding hydrogens is 478 g/mol. The van der Waals surface area contributed by atoms with E-state index in [0.29, 0.717) is 24.5 Å². The van der Waals surface area contributed by atoms with E-state index >= 15 is 0 Å². The van der Waals surface area contributed by atoms with Gasteiger partial charge in [0.25, 0.3) is 0 Å². The molecule has 3 atom stereocenters. The first kappa shape index (κ1) is 23.5. The highest BCUT2D eigenvalue weighted by atomic mass is 19.4. The number of nitrogens with zero attached hydrogens (tertiary/aromatic N) is 5. The zero-order valence-electron chi connectivity index (χ0n) is 18.6. The van der Waals surface area contributed by atoms with Gasteiger partial charge in [0.1, 0.15) is 5.69 Å². The summed E-state index contributed by atoms with van der Waals surface area (Å²) in [6.07, 6.45) is -6.03. The first-order valence-corrected chi connectivity index (χ1v) is 11.1. The van der Waals surface area contributed by atoms with Gasteiger partial charge in [0.2, 0.25) is 5.95 Å². The third kappa shape index (κ3) is 4.80. The number of hydrogen-bond acceptors (Lipinski definition) is 6. The van der Waals surface area contributed by atoms with Gasteiger partial charge >= 0.3 is 12.4 Å². The van der Waals surface area contributed by atoms with E-state index < -0.39 is 24.7 Å². The molecule has 2 bridgehead atoms. The molecular formula is C22H22F6N6O. The molecule has 2 fully saturated rings. The molecule has 3 aromatic heterocycles. The maximum absolute atomic E-state index is 13.1. The van der Waals surface area contributed by atoms with Crippen LogP contribution in [0, 0.1) is 18.8 Å². The summed E-state index contributed by atoms with van der Waals surface area (Å²) in [6.45, 7) is 1.43. The highest BCUT2D eigenvalue weighted by molar-refractivity contribution is 5.57. The van der Waals surface area contributed by atoms with Gasteiger partial charge in [-0.15, -0.1) is 5.10 Å². The van der Waals surface area contributed by atoms with Crippen LogP contribution in [0.15, 0.2) is 30.5 Å².